The van der Waals surface area contributed by atoms with Crippen molar-refractivity contribution < 1.29 is 63.9 Å². The molecular formula is C16H36O4Ti2. The van der Waals surface area contributed by atoms with E-state index < -0.39 is 0 Å². The van der Waals surface area contributed by atoms with Crippen LogP contribution in [0, 0.1) is 0 Å². The summed E-state index contributed by atoms with van der Waals surface area (Å²) in [5, 5.41) is 38.1. The normalized spacial score (nSPS) is 7.64. The molecular weight excluding hydrogens is 352 g/mol. The van der Waals surface area contributed by atoms with E-state index in [0.29, 0.717) is 0 Å². The smallest absolute Gasteiger partial charge is 0.854 e. The van der Waals surface area contributed by atoms with Crippen LogP contribution in [0.3, 0.4) is 0 Å². The molecule has 0 aliphatic heterocycles. The van der Waals surface area contributed by atoms with Crippen LogP contribution in [0.2, 0.25) is 0 Å². The van der Waals surface area contributed by atoms with E-state index in [2.05, 4.69) is 0 Å². The third-order valence-electron chi connectivity index (χ3n) is 1.99. The largest absolute Gasteiger partial charge is 2.00 e. The second-order valence-corrected chi connectivity index (χ2v) is 4.23. The topological polar surface area (TPSA) is 92.2 Å². The van der Waals surface area contributed by atoms with Crippen molar-refractivity contribution in [3.05, 3.63) is 0 Å². The molecule has 0 aromatic heterocycles. The fourth-order valence-corrected chi connectivity index (χ4v) is 0.577. The van der Waals surface area contributed by atoms with E-state index in [0.717, 1.165) is 51.4 Å². The van der Waals surface area contributed by atoms with Crippen molar-refractivity contribution in [3.8, 4) is 0 Å². The Balaban J connectivity index is -0.0000000376. The summed E-state index contributed by atoms with van der Waals surface area (Å²) in [6.45, 7) is 8.42. The molecule has 0 unspecified atom stereocenters. The molecule has 0 saturated carbocycles. The number of rotatable bonds is 8. The fourth-order valence-electron chi connectivity index (χ4n) is 0.577. The first-order valence-electron chi connectivity index (χ1n) is 7.98. The predicted molar refractivity (Wildman–Crippen MR) is 79.1 cm³/mol. The molecule has 0 bridgehead atoms. The molecule has 22 heavy (non-hydrogen) atoms. The zero-order valence-corrected chi connectivity index (χ0v) is 18.2. The Morgan fingerprint density at radius 1 is 0.409 bits per heavy atom. The van der Waals surface area contributed by atoms with Gasteiger partial charge in [0.2, 0.25) is 0 Å². The van der Waals surface area contributed by atoms with Gasteiger partial charge in [-0.15, -0.1) is 26.4 Å². The van der Waals surface area contributed by atoms with E-state index in [1.807, 2.05) is 27.7 Å². The SMILES string of the molecule is CCCC[O-].CCCC[O-].CCCC[O-].CCCC[O-].[Ti+2].[Ti+2]. The van der Waals surface area contributed by atoms with Gasteiger partial charge in [-0.25, -0.2) is 0 Å². The summed E-state index contributed by atoms with van der Waals surface area (Å²) in [7, 11) is 0. The van der Waals surface area contributed by atoms with E-state index in [1.165, 1.54) is 0 Å². The van der Waals surface area contributed by atoms with Gasteiger partial charge in [-0.2, -0.15) is 0 Å². The Kier molecular flexibility index (Phi) is 101. The Bertz CT molecular complexity index is 78.1. The summed E-state index contributed by atoms with van der Waals surface area (Å²) in [6.07, 6.45) is 7.46. The van der Waals surface area contributed by atoms with Crippen molar-refractivity contribution in [1.29, 1.82) is 0 Å². The molecule has 4 nitrogen and oxygen atoms in total. The molecule has 0 aliphatic rings. The summed E-state index contributed by atoms with van der Waals surface area (Å²) < 4.78 is 0. The van der Waals surface area contributed by atoms with Gasteiger partial charge in [0.05, 0.1) is 0 Å². The Morgan fingerprint density at radius 3 is 0.545 bits per heavy atom. The number of hydrogen-bond donors (Lipinski definition) is 0. The van der Waals surface area contributed by atoms with Crippen molar-refractivity contribution in [3.63, 3.8) is 0 Å². The molecule has 0 aromatic carbocycles. The first-order valence-corrected chi connectivity index (χ1v) is 7.98. The molecule has 132 valence electrons. The van der Waals surface area contributed by atoms with Crippen molar-refractivity contribution >= 4 is 0 Å². The average Bonchev–Trinajstić information content (AvgIpc) is 2.44. The minimum atomic E-state index is 0. The van der Waals surface area contributed by atoms with Gasteiger partial charge in [0.1, 0.15) is 0 Å². The second-order valence-electron chi connectivity index (χ2n) is 4.23. The van der Waals surface area contributed by atoms with Gasteiger partial charge in [0.15, 0.2) is 0 Å². The van der Waals surface area contributed by atoms with Crippen molar-refractivity contribution in [1.82, 2.24) is 0 Å². The quantitative estimate of drug-likeness (QED) is 0.569. The van der Waals surface area contributed by atoms with Crippen LogP contribution in [0.5, 0.6) is 0 Å². The molecule has 0 saturated heterocycles. The Labute approximate surface area is 168 Å². The van der Waals surface area contributed by atoms with Gasteiger partial charge in [-0.3, -0.25) is 0 Å². The molecule has 0 aliphatic carbocycles. The second kappa shape index (κ2) is 57.2. The summed E-state index contributed by atoms with van der Waals surface area (Å²) in [5.74, 6) is 0. The van der Waals surface area contributed by atoms with Gasteiger partial charge in [-0.1, -0.05) is 79.1 Å². The third kappa shape index (κ3) is 102. The van der Waals surface area contributed by atoms with E-state index >= 15 is 0 Å². The monoisotopic (exact) mass is 388 g/mol. The number of unbranched alkanes of at least 4 members (excludes halogenated alkanes) is 4. The standard InChI is InChI=1S/4C4H9O.2Ti/c4*1-2-3-4-5;;/h4*2-4H2,1H3;;/q4*-1;2*+2. The van der Waals surface area contributed by atoms with Crippen LogP contribution in [0.15, 0.2) is 0 Å². The number of hydrogen-bond acceptors (Lipinski definition) is 4. The first kappa shape index (κ1) is 38.7. The minimum absolute atomic E-state index is 0. The minimum Gasteiger partial charge on any atom is -0.854 e. The van der Waals surface area contributed by atoms with Gasteiger partial charge >= 0.3 is 43.4 Å². The first-order chi connectivity index (χ1) is 9.66. The molecule has 0 N–H and O–H groups in total. The van der Waals surface area contributed by atoms with E-state index in [-0.39, 0.29) is 69.9 Å². The van der Waals surface area contributed by atoms with Crippen LogP contribution in [-0.4, -0.2) is 26.4 Å². The van der Waals surface area contributed by atoms with Crippen LogP contribution >= 0.6 is 0 Å². The van der Waals surface area contributed by atoms with Crippen LogP contribution in [0.25, 0.3) is 0 Å². The van der Waals surface area contributed by atoms with Crippen LogP contribution in [0.1, 0.15) is 79.1 Å². The zero-order valence-electron chi connectivity index (χ0n) is 15.1. The van der Waals surface area contributed by atoms with Crippen molar-refractivity contribution in [2.75, 3.05) is 26.4 Å². The van der Waals surface area contributed by atoms with Crippen LogP contribution in [-0.2, 0) is 43.4 Å². The van der Waals surface area contributed by atoms with Crippen LogP contribution in [0.4, 0.5) is 0 Å². The molecule has 0 atom stereocenters. The Hall–Kier alpha value is 1.27. The summed E-state index contributed by atoms with van der Waals surface area (Å²) in [4.78, 5) is 0. The van der Waals surface area contributed by atoms with Crippen LogP contribution < -0.4 is 20.4 Å². The maximum Gasteiger partial charge on any atom is 2.00 e. The summed E-state index contributed by atoms with van der Waals surface area (Å²) in [6, 6.07) is 0. The maximum atomic E-state index is 9.53. The van der Waals surface area contributed by atoms with Gasteiger partial charge in [-0.05, 0) is 0 Å². The molecule has 0 rings (SSSR count). The molecule has 0 spiro atoms. The average molecular weight is 388 g/mol. The molecule has 0 heterocycles. The van der Waals surface area contributed by atoms with E-state index in [1.54, 1.807) is 0 Å². The zero-order chi connectivity index (χ0) is 16.5. The molecule has 6 heteroatoms. The van der Waals surface area contributed by atoms with Gasteiger partial charge < -0.3 is 20.4 Å². The van der Waals surface area contributed by atoms with Crippen molar-refractivity contribution in [2.24, 2.45) is 0 Å². The summed E-state index contributed by atoms with van der Waals surface area (Å²) in [5.41, 5.74) is 0. The molecule has 0 fully saturated rings. The maximum absolute atomic E-state index is 9.53. The van der Waals surface area contributed by atoms with Gasteiger partial charge in [0.25, 0.3) is 0 Å². The van der Waals surface area contributed by atoms with Gasteiger partial charge in [0, 0.05) is 0 Å². The van der Waals surface area contributed by atoms with Crippen molar-refractivity contribution in [2.45, 2.75) is 79.1 Å². The molecule has 0 radical (unpaired) electrons. The predicted octanol–water partition coefficient (Wildman–Crippen LogP) is 0.582. The van der Waals surface area contributed by atoms with E-state index in [9.17, 15) is 20.4 Å². The molecule has 0 aromatic rings. The molecule has 0 amide bonds. The Morgan fingerprint density at radius 2 is 0.545 bits per heavy atom. The third-order valence-corrected chi connectivity index (χ3v) is 1.99. The fraction of sp³-hybridized carbons (Fsp3) is 1.00. The summed E-state index contributed by atoms with van der Waals surface area (Å²) >= 11 is 0. The van der Waals surface area contributed by atoms with E-state index in [4.69, 9.17) is 0 Å².